The number of hydrogen-bond donors (Lipinski definition) is 1. The summed E-state index contributed by atoms with van der Waals surface area (Å²) in [7, 11) is 5.75. The molecule has 20 heavy (non-hydrogen) atoms. The van der Waals surface area contributed by atoms with Gasteiger partial charge in [0.15, 0.2) is 5.75 Å². The highest BCUT2D eigenvalue weighted by Crippen LogP contribution is 2.25. The van der Waals surface area contributed by atoms with E-state index in [0.717, 1.165) is 31.0 Å². The van der Waals surface area contributed by atoms with Crippen molar-refractivity contribution in [2.45, 2.75) is 46.3 Å². The van der Waals surface area contributed by atoms with Crippen LogP contribution in [-0.4, -0.2) is 53.6 Å². The van der Waals surface area contributed by atoms with Gasteiger partial charge in [-0.3, -0.25) is 4.68 Å². The van der Waals surface area contributed by atoms with Gasteiger partial charge in [0, 0.05) is 6.54 Å². The Morgan fingerprint density at radius 3 is 2.55 bits per heavy atom. The Kier molecular flexibility index (Phi) is 6.02. The van der Waals surface area contributed by atoms with E-state index in [1.54, 1.807) is 13.3 Å². The fraction of sp³-hybridized carbons (Fsp3) is 0.800. The lowest BCUT2D eigenvalue weighted by molar-refractivity contribution is 0.0554. The van der Waals surface area contributed by atoms with Crippen LogP contribution in [0.5, 0.6) is 5.75 Å². The summed E-state index contributed by atoms with van der Waals surface area (Å²) in [5.41, 5.74) is 0.972. The molecular weight excluding hydrogens is 254 g/mol. The molecule has 0 radical (unpaired) electrons. The Morgan fingerprint density at radius 1 is 1.40 bits per heavy atom. The molecule has 1 heterocycles. The lowest BCUT2D eigenvalue weighted by Crippen LogP contribution is -2.27. The standard InChI is InChI=1S/C15H29N3O2/c1-15(2,3)14(19)8-7-12-13(20-6)11-16-18(12)10-9-17(4)5/h11,14,19H,7-10H2,1-6H3. The highest BCUT2D eigenvalue weighted by molar-refractivity contribution is 5.25. The third-order valence-electron chi connectivity index (χ3n) is 3.54. The number of rotatable bonds is 7. The predicted molar refractivity (Wildman–Crippen MR) is 81.1 cm³/mol. The highest BCUT2D eigenvalue weighted by atomic mass is 16.5. The van der Waals surface area contributed by atoms with Gasteiger partial charge in [0.2, 0.25) is 0 Å². The lowest BCUT2D eigenvalue weighted by Gasteiger charge is -2.26. The molecule has 0 amide bonds. The number of aliphatic hydroxyl groups excluding tert-OH is 1. The van der Waals surface area contributed by atoms with Crippen LogP contribution < -0.4 is 4.74 Å². The number of methoxy groups -OCH3 is 1. The summed E-state index contributed by atoms with van der Waals surface area (Å²) in [6.07, 6.45) is 2.92. The van der Waals surface area contributed by atoms with Gasteiger partial charge < -0.3 is 14.7 Å². The molecule has 1 atom stereocenters. The Morgan fingerprint density at radius 2 is 2.05 bits per heavy atom. The molecule has 1 unspecified atom stereocenters. The largest absolute Gasteiger partial charge is 0.493 e. The summed E-state index contributed by atoms with van der Waals surface area (Å²) in [6, 6.07) is 0. The van der Waals surface area contributed by atoms with Crippen molar-refractivity contribution < 1.29 is 9.84 Å². The molecule has 1 aromatic rings. The minimum Gasteiger partial charge on any atom is -0.493 e. The van der Waals surface area contributed by atoms with Crippen LogP contribution in [0.2, 0.25) is 0 Å². The Balaban J connectivity index is 2.73. The molecule has 0 aromatic carbocycles. The molecule has 0 spiro atoms. The first-order valence-electron chi connectivity index (χ1n) is 7.17. The zero-order valence-electron chi connectivity index (χ0n) is 13.7. The first-order chi connectivity index (χ1) is 9.25. The van der Waals surface area contributed by atoms with Crippen LogP contribution in [0.25, 0.3) is 0 Å². The SMILES string of the molecule is COc1cnn(CCN(C)C)c1CCC(O)C(C)(C)C. The predicted octanol–water partition coefficient (Wildman–Crippen LogP) is 1.79. The van der Waals surface area contributed by atoms with Gasteiger partial charge in [-0.2, -0.15) is 5.10 Å². The van der Waals surface area contributed by atoms with Gasteiger partial charge in [-0.1, -0.05) is 20.8 Å². The molecule has 116 valence electrons. The normalized spacial score (nSPS) is 13.8. The van der Waals surface area contributed by atoms with Gasteiger partial charge in [-0.05, 0) is 32.4 Å². The monoisotopic (exact) mass is 283 g/mol. The van der Waals surface area contributed by atoms with Crippen molar-refractivity contribution in [3.8, 4) is 5.75 Å². The number of aliphatic hydroxyl groups is 1. The molecule has 1 rings (SSSR count). The fourth-order valence-corrected chi connectivity index (χ4v) is 2.01. The molecule has 1 aromatic heterocycles. The van der Waals surface area contributed by atoms with E-state index >= 15 is 0 Å². The van der Waals surface area contributed by atoms with E-state index in [4.69, 9.17) is 4.74 Å². The van der Waals surface area contributed by atoms with Gasteiger partial charge in [0.25, 0.3) is 0 Å². The summed E-state index contributed by atoms with van der Waals surface area (Å²) in [4.78, 5) is 2.13. The van der Waals surface area contributed by atoms with Gasteiger partial charge in [-0.25, -0.2) is 0 Å². The van der Waals surface area contributed by atoms with E-state index in [-0.39, 0.29) is 11.5 Å². The van der Waals surface area contributed by atoms with Gasteiger partial charge >= 0.3 is 0 Å². The Hall–Kier alpha value is -1.07. The number of aromatic nitrogens is 2. The van der Waals surface area contributed by atoms with E-state index in [0.29, 0.717) is 6.42 Å². The van der Waals surface area contributed by atoms with Crippen LogP contribution in [0.15, 0.2) is 6.20 Å². The van der Waals surface area contributed by atoms with E-state index in [2.05, 4.69) is 30.8 Å². The van der Waals surface area contributed by atoms with Crippen LogP contribution in [0.3, 0.4) is 0 Å². The van der Waals surface area contributed by atoms with Gasteiger partial charge in [0.05, 0.1) is 31.6 Å². The Labute approximate surface area is 122 Å². The summed E-state index contributed by atoms with van der Waals surface area (Å²) in [5.74, 6) is 0.810. The molecule has 0 saturated carbocycles. The highest BCUT2D eigenvalue weighted by Gasteiger charge is 2.23. The average molecular weight is 283 g/mol. The van der Waals surface area contributed by atoms with E-state index in [1.165, 1.54) is 0 Å². The van der Waals surface area contributed by atoms with Crippen LogP contribution in [0.4, 0.5) is 0 Å². The second-order valence-corrected chi connectivity index (χ2v) is 6.61. The lowest BCUT2D eigenvalue weighted by atomic mass is 9.86. The van der Waals surface area contributed by atoms with Crippen molar-refractivity contribution in [3.63, 3.8) is 0 Å². The molecule has 0 saturated heterocycles. The van der Waals surface area contributed by atoms with Crippen LogP contribution >= 0.6 is 0 Å². The first-order valence-corrected chi connectivity index (χ1v) is 7.17. The van der Waals surface area contributed by atoms with Gasteiger partial charge in [0.1, 0.15) is 0 Å². The van der Waals surface area contributed by atoms with Crippen molar-refractivity contribution in [2.24, 2.45) is 5.41 Å². The van der Waals surface area contributed by atoms with Gasteiger partial charge in [-0.15, -0.1) is 0 Å². The van der Waals surface area contributed by atoms with E-state index < -0.39 is 0 Å². The number of hydrogen-bond acceptors (Lipinski definition) is 4. The molecule has 0 fully saturated rings. The molecular formula is C15H29N3O2. The quantitative estimate of drug-likeness (QED) is 0.829. The molecule has 1 N–H and O–H groups in total. The maximum atomic E-state index is 10.2. The first kappa shape index (κ1) is 17.0. The smallest absolute Gasteiger partial charge is 0.159 e. The average Bonchev–Trinajstić information content (AvgIpc) is 2.74. The molecule has 0 aliphatic carbocycles. The van der Waals surface area contributed by atoms with Crippen molar-refractivity contribution in [3.05, 3.63) is 11.9 Å². The second-order valence-electron chi connectivity index (χ2n) is 6.61. The topological polar surface area (TPSA) is 50.5 Å². The number of nitrogens with zero attached hydrogens (tertiary/aromatic N) is 3. The Bertz CT molecular complexity index is 408. The molecule has 5 heteroatoms. The third-order valence-corrected chi connectivity index (χ3v) is 3.54. The van der Waals surface area contributed by atoms with E-state index in [1.807, 2.05) is 18.8 Å². The molecule has 0 aliphatic heterocycles. The van der Waals surface area contributed by atoms with Crippen LogP contribution in [0.1, 0.15) is 32.9 Å². The zero-order valence-corrected chi connectivity index (χ0v) is 13.7. The van der Waals surface area contributed by atoms with E-state index in [9.17, 15) is 5.11 Å². The summed E-state index contributed by atoms with van der Waals surface area (Å²) >= 11 is 0. The van der Waals surface area contributed by atoms with Crippen molar-refractivity contribution in [1.82, 2.24) is 14.7 Å². The zero-order chi connectivity index (χ0) is 15.3. The maximum absolute atomic E-state index is 10.2. The minimum atomic E-state index is -0.329. The second kappa shape index (κ2) is 7.09. The number of ether oxygens (including phenoxy) is 1. The fourth-order valence-electron chi connectivity index (χ4n) is 2.01. The van der Waals surface area contributed by atoms with Crippen LogP contribution in [0, 0.1) is 5.41 Å². The summed E-state index contributed by atoms with van der Waals surface area (Å²) < 4.78 is 7.35. The minimum absolute atomic E-state index is 0.0955. The molecule has 0 aliphatic rings. The van der Waals surface area contributed by atoms with Crippen molar-refractivity contribution in [1.29, 1.82) is 0 Å². The third kappa shape index (κ3) is 4.80. The summed E-state index contributed by atoms with van der Waals surface area (Å²) in [6.45, 7) is 7.92. The summed E-state index contributed by atoms with van der Waals surface area (Å²) in [5, 5.41) is 14.6. The molecule has 0 bridgehead atoms. The number of likely N-dealkylation sites (N-methyl/N-ethyl adjacent to an activating group) is 1. The molecule has 5 nitrogen and oxygen atoms in total. The van der Waals surface area contributed by atoms with Crippen molar-refractivity contribution in [2.75, 3.05) is 27.7 Å². The maximum Gasteiger partial charge on any atom is 0.159 e. The van der Waals surface area contributed by atoms with Crippen LogP contribution in [-0.2, 0) is 13.0 Å². The van der Waals surface area contributed by atoms with Crippen molar-refractivity contribution >= 4 is 0 Å².